The molecule has 8 heteroatoms. The van der Waals surface area contributed by atoms with E-state index in [1.54, 1.807) is 28.4 Å². The molecular weight excluding hydrogens is 426 g/mol. The Morgan fingerprint density at radius 3 is 2.45 bits per heavy atom. The fourth-order valence-corrected chi connectivity index (χ4v) is 11.0. The normalized spacial score (nSPS) is 60.9. The quantitative estimate of drug-likeness (QED) is 0.512. The van der Waals surface area contributed by atoms with Crippen LogP contribution < -0.4 is 0 Å². The second-order valence-electron chi connectivity index (χ2n) is 11.9. The van der Waals surface area contributed by atoms with Gasteiger partial charge < -0.3 is 34.3 Å². The van der Waals surface area contributed by atoms with Gasteiger partial charge in [-0.2, -0.15) is 0 Å². The third-order valence-corrected chi connectivity index (χ3v) is 11.6. The van der Waals surface area contributed by atoms with E-state index >= 15 is 0 Å². The van der Waals surface area contributed by atoms with Crippen LogP contribution in [0.15, 0.2) is 0 Å². The first-order chi connectivity index (χ1) is 15.8. The van der Waals surface area contributed by atoms with Gasteiger partial charge in [0, 0.05) is 70.0 Å². The van der Waals surface area contributed by atoms with Crippen LogP contribution in [0.3, 0.4) is 0 Å². The molecule has 0 radical (unpaired) electrons. The molecule has 5 saturated carbocycles. The van der Waals surface area contributed by atoms with Gasteiger partial charge in [0.15, 0.2) is 0 Å². The summed E-state index contributed by atoms with van der Waals surface area (Å²) < 4.78 is 24.5. The van der Waals surface area contributed by atoms with Crippen molar-refractivity contribution >= 4 is 0 Å². The molecule has 0 aromatic rings. The van der Waals surface area contributed by atoms with Crippen LogP contribution in [0.4, 0.5) is 0 Å². The van der Waals surface area contributed by atoms with Crippen molar-refractivity contribution in [3.8, 4) is 0 Å². The molecule has 1 spiro atoms. The Hall–Kier alpha value is -0.320. The highest BCUT2D eigenvalue weighted by Crippen LogP contribution is 2.80. The Kier molecular flexibility index (Phi) is 4.99. The summed E-state index contributed by atoms with van der Waals surface area (Å²) in [5.74, 6) is -0.360. The minimum Gasteiger partial charge on any atom is -0.392 e. The maximum Gasteiger partial charge on any atom is 0.136 e. The molecule has 3 N–H and O–H groups in total. The molecule has 1 aliphatic heterocycles. The number of hydrogen-bond donors (Lipinski definition) is 3. The van der Waals surface area contributed by atoms with Gasteiger partial charge in [0.2, 0.25) is 0 Å². The van der Waals surface area contributed by atoms with Crippen molar-refractivity contribution in [2.24, 2.45) is 34.5 Å². The number of nitrogens with zero attached hydrogens (tertiary/aromatic N) is 1. The zero-order valence-corrected chi connectivity index (χ0v) is 20.6. The molecule has 0 aromatic heterocycles. The van der Waals surface area contributed by atoms with Gasteiger partial charge in [-0.05, 0) is 31.7 Å². The molecule has 6 rings (SSSR count). The molecule has 5 aliphatic carbocycles. The zero-order valence-electron chi connectivity index (χ0n) is 20.6. The van der Waals surface area contributed by atoms with E-state index in [-0.39, 0.29) is 41.2 Å². The van der Waals surface area contributed by atoms with Crippen molar-refractivity contribution in [3.63, 3.8) is 0 Å². The predicted molar refractivity (Wildman–Crippen MR) is 119 cm³/mol. The van der Waals surface area contributed by atoms with Gasteiger partial charge in [-0.1, -0.05) is 6.92 Å². The average molecular weight is 468 g/mol. The highest BCUT2D eigenvalue weighted by molar-refractivity contribution is 5.41. The summed E-state index contributed by atoms with van der Waals surface area (Å²) in [6.07, 6.45) is 0.834. The Bertz CT molecular complexity index is 814. The van der Waals surface area contributed by atoms with E-state index in [0.29, 0.717) is 19.4 Å². The van der Waals surface area contributed by atoms with E-state index in [4.69, 9.17) is 18.9 Å². The Morgan fingerprint density at radius 2 is 1.85 bits per heavy atom. The van der Waals surface area contributed by atoms with Crippen molar-refractivity contribution in [1.29, 1.82) is 0 Å². The number of ether oxygens (including phenoxy) is 4. The van der Waals surface area contributed by atoms with E-state index in [1.165, 1.54) is 0 Å². The number of aliphatic hydroxyl groups is 3. The second kappa shape index (κ2) is 7.13. The highest BCUT2D eigenvalue weighted by Gasteiger charge is 2.91. The number of piperidine rings is 1. The summed E-state index contributed by atoms with van der Waals surface area (Å²) in [6.45, 7) is 4.26. The third-order valence-electron chi connectivity index (χ3n) is 11.6. The van der Waals surface area contributed by atoms with Gasteiger partial charge >= 0.3 is 0 Å². The Morgan fingerprint density at radius 1 is 1.09 bits per heavy atom. The summed E-state index contributed by atoms with van der Waals surface area (Å²) in [5.41, 5.74) is -3.24. The molecule has 0 aromatic carbocycles. The Labute approximate surface area is 196 Å². The number of likely N-dealkylation sites (tertiary alicyclic amines) is 1. The number of hydrogen-bond acceptors (Lipinski definition) is 8. The lowest BCUT2D eigenvalue weighted by molar-refractivity contribution is -0.324. The van der Waals surface area contributed by atoms with Crippen molar-refractivity contribution < 1.29 is 34.3 Å². The van der Waals surface area contributed by atoms with E-state index in [1.807, 2.05) is 0 Å². The fourth-order valence-electron chi connectivity index (χ4n) is 11.0. The van der Waals surface area contributed by atoms with Gasteiger partial charge in [-0.3, -0.25) is 4.90 Å². The van der Waals surface area contributed by atoms with Crippen LogP contribution in [0, 0.1) is 34.5 Å². The number of fused-ring (bicyclic) bond motifs is 2. The summed E-state index contributed by atoms with van der Waals surface area (Å²) in [4.78, 5) is 2.38. The molecule has 13 atom stereocenters. The first kappa shape index (κ1) is 23.1. The molecule has 1 saturated heterocycles. The fraction of sp³-hybridized carbons (Fsp3) is 1.00. The molecule has 8 nitrogen and oxygen atoms in total. The Balaban J connectivity index is 1.68. The SMILES string of the molecule is CCN1C[C@]2(COC)CC[C@H](O)[C@@]34[C@@H]5C[C@@H]6[C@H](O)[C@@H]5[C@](OC)(C[C@@H]6OC)[C@](O)([C@@H](OC)[C@H]23)[C@@H]14. The summed E-state index contributed by atoms with van der Waals surface area (Å²) >= 11 is 0. The predicted octanol–water partition coefficient (Wildman–Crippen LogP) is 0.271. The van der Waals surface area contributed by atoms with Crippen LogP contribution >= 0.6 is 0 Å². The van der Waals surface area contributed by atoms with Gasteiger partial charge in [0.05, 0.1) is 37.1 Å². The van der Waals surface area contributed by atoms with Crippen molar-refractivity contribution in [2.45, 2.75) is 74.3 Å². The van der Waals surface area contributed by atoms with Crippen LogP contribution in [0.2, 0.25) is 0 Å². The zero-order chi connectivity index (χ0) is 23.6. The van der Waals surface area contributed by atoms with Gasteiger partial charge in [0.1, 0.15) is 11.2 Å². The number of aliphatic hydroxyl groups excluding tert-OH is 2. The molecule has 6 aliphatic rings. The maximum absolute atomic E-state index is 13.1. The molecule has 33 heavy (non-hydrogen) atoms. The first-order valence-corrected chi connectivity index (χ1v) is 12.7. The standard InChI is InChI=1S/C25H41NO7/c1-6-26-11-22(12-30-2)8-7-16(27)24-14-9-13-15(31-3)10-23(33-5,17(14)18(13)28)25(29,21(24)26)20(32-4)19(22)24/h13-21,27-29H,6-12H2,1-5H3/t13-,14+,15-,16-,17+,18-,19+,20-,21-,22-,23+,24-,25-/m0/s1. The highest BCUT2D eigenvalue weighted by atomic mass is 16.5. The summed E-state index contributed by atoms with van der Waals surface area (Å²) in [7, 11) is 6.79. The smallest absolute Gasteiger partial charge is 0.136 e. The number of methoxy groups -OCH3 is 4. The third kappa shape index (κ3) is 2.16. The number of rotatable bonds is 6. The topological polar surface area (TPSA) is 101 Å². The summed E-state index contributed by atoms with van der Waals surface area (Å²) in [5, 5.41) is 36.7. The van der Waals surface area contributed by atoms with Crippen molar-refractivity contribution in [3.05, 3.63) is 0 Å². The molecule has 0 amide bonds. The second-order valence-corrected chi connectivity index (χ2v) is 11.9. The van der Waals surface area contributed by atoms with E-state index < -0.39 is 34.9 Å². The largest absolute Gasteiger partial charge is 0.392 e. The van der Waals surface area contributed by atoms with E-state index in [2.05, 4.69) is 11.8 Å². The maximum atomic E-state index is 13.1. The lowest BCUT2D eigenvalue weighted by Gasteiger charge is -2.70. The molecule has 6 fully saturated rings. The molecule has 1 heterocycles. The first-order valence-electron chi connectivity index (χ1n) is 12.7. The molecule has 7 bridgehead atoms. The van der Waals surface area contributed by atoms with Gasteiger partial charge in [0.25, 0.3) is 0 Å². The minimum absolute atomic E-state index is 0.00825. The van der Waals surface area contributed by atoms with Crippen molar-refractivity contribution in [1.82, 2.24) is 4.90 Å². The minimum atomic E-state index is -1.40. The average Bonchev–Trinajstić information content (AvgIpc) is 3.16. The number of likely N-dealkylation sites (N-methyl/N-ethyl adjacent to an activating group) is 1. The summed E-state index contributed by atoms with van der Waals surface area (Å²) in [6, 6.07) is -0.312. The lowest BCUT2D eigenvalue weighted by atomic mass is 9.42. The van der Waals surface area contributed by atoms with Crippen LogP contribution in [-0.2, 0) is 18.9 Å². The van der Waals surface area contributed by atoms with Crippen molar-refractivity contribution in [2.75, 3.05) is 48.1 Å². The van der Waals surface area contributed by atoms with Crippen LogP contribution in [0.5, 0.6) is 0 Å². The van der Waals surface area contributed by atoms with Crippen LogP contribution in [0.25, 0.3) is 0 Å². The monoisotopic (exact) mass is 467 g/mol. The lowest BCUT2D eigenvalue weighted by Crippen LogP contribution is -2.82. The molecule has 0 unspecified atom stereocenters. The van der Waals surface area contributed by atoms with E-state index in [0.717, 1.165) is 25.9 Å². The molecular formula is C25H41NO7. The van der Waals surface area contributed by atoms with Gasteiger partial charge in [-0.15, -0.1) is 0 Å². The molecule has 188 valence electrons. The van der Waals surface area contributed by atoms with Crippen LogP contribution in [0.1, 0.15) is 32.6 Å². The van der Waals surface area contributed by atoms with Crippen LogP contribution in [-0.4, -0.2) is 110 Å². The van der Waals surface area contributed by atoms with Gasteiger partial charge in [-0.25, -0.2) is 0 Å². The van der Waals surface area contributed by atoms with E-state index in [9.17, 15) is 15.3 Å².